The summed E-state index contributed by atoms with van der Waals surface area (Å²) in [5, 5.41) is 19.0. The predicted octanol–water partition coefficient (Wildman–Crippen LogP) is 1.77. The van der Waals surface area contributed by atoms with Gasteiger partial charge >= 0.3 is 0 Å². The number of nitrogens with one attached hydrogen (secondary N) is 1. The highest BCUT2D eigenvalue weighted by Crippen LogP contribution is 2.14. The average molecular weight is 281 g/mol. The molecule has 0 bridgehead atoms. The second-order valence-electron chi connectivity index (χ2n) is 4.32. The maximum Gasteiger partial charge on any atom is 0.257 e. The third-order valence-corrected chi connectivity index (χ3v) is 2.85. The van der Waals surface area contributed by atoms with Crippen molar-refractivity contribution in [3.05, 3.63) is 53.2 Å². The number of carbonyl (C=O) groups excluding carboxylic acids is 1. The molecule has 0 fully saturated rings. The number of hydrogen-bond acceptors (Lipinski definition) is 4. The normalized spacial score (nSPS) is 9.62. The summed E-state index contributed by atoms with van der Waals surface area (Å²) < 4.78 is 0. The molecule has 0 radical (unpaired) electrons. The van der Waals surface area contributed by atoms with Crippen molar-refractivity contribution in [2.75, 3.05) is 11.9 Å². The number of aliphatic hydroxyl groups excluding tert-OH is 1. The van der Waals surface area contributed by atoms with Crippen molar-refractivity contribution in [3.8, 4) is 11.8 Å². The maximum absolute atomic E-state index is 12.3. The van der Waals surface area contributed by atoms with Crippen LogP contribution >= 0.6 is 0 Å². The van der Waals surface area contributed by atoms with E-state index in [9.17, 15) is 4.79 Å². The average Bonchev–Trinajstić information content (AvgIpc) is 2.50. The zero-order valence-corrected chi connectivity index (χ0v) is 11.6. The molecule has 0 saturated carbocycles. The first-order valence-corrected chi connectivity index (χ1v) is 6.51. The smallest absolute Gasteiger partial charge is 0.257 e. The first-order chi connectivity index (χ1) is 10.2. The van der Waals surface area contributed by atoms with Crippen LogP contribution in [0.2, 0.25) is 0 Å². The van der Waals surface area contributed by atoms with Crippen LogP contribution in [-0.2, 0) is 0 Å². The van der Waals surface area contributed by atoms with Gasteiger partial charge in [-0.15, -0.1) is 5.10 Å². The van der Waals surface area contributed by atoms with Crippen molar-refractivity contribution >= 4 is 11.7 Å². The second-order valence-corrected chi connectivity index (χ2v) is 4.32. The molecule has 5 nitrogen and oxygen atoms in total. The summed E-state index contributed by atoms with van der Waals surface area (Å²) in [4.78, 5) is 12.3. The summed E-state index contributed by atoms with van der Waals surface area (Å²) in [6.07, 6.45) is 1.95. The lowest BCUT2D eigenvalue weighted by Crippen LogP contribution is -2.15. The standard InChI is InChI=1S/C16H15N3O2/c1-12-13(6-2-3-11-20)7-4-8-14(12)16(21)18-15-9-5-10-17-19-15/h4-5,7-10,20H,3,11H2,1H3,(H,18,19,21). The van der Waals surface area contributed by atoms with E-state index in [4.69, 9.17) is 5.11 Å². The molecule has 1 amide bonds. The molecular formula is C16H15N3O2. The summed E-state index contributed by atoms with van der Waals surface area (Å²) in [5.74, 6) is 5.96. The fraction of sp³-hybridized carbons (Fsp3) is 0.188. The van der Waals surface area contributed by atoms with Crippen molar-refractivity contribution in [2.24, 2.45) is 0 Å². The van der Waals surface area contributed by atoms with Crippen LogP contribution in [0, 0.1) is 18.8 Å². The van der Waals surface area contributed by atoms with Gasteiger partial charge in [0.25, 0.3) is 5.91 Å². The van der Waals surface area contributed by atoms with Crippen LogP contribution in [0.3, 0.4) is 0 Å². The fourth-order valence-electron chi connectivity index (χ4n) is 1.78. The van der Waals surface area contributed by atoms with Gasteiger partial charge in [-0.2, -0.15) is 5.10 Å². The molecule has 0 atom stereocenters. The van der Waals surface area contributed by atoms with Crippen LogP contribution in [0.15, 0.2) is 36.5 Å². The Balaban J connectivity index is 2.22. The number of anilines is 1. The minimum Gasteiger partial charge on any atom is -0.395 e. The van der Waals surface area contributed by atoms with Crippen LogP contribution < -0.4 is 5.32 Å². The Bertz CT molecular complexity index is 688. The van der Waals surface area contributed by atoms with Crippen molar-refractivity contribution < 1.29 is 9.90 Å². The predicted molar refractivity (Wildman–Crippen MR) is 79.7 cm³/mol. The molecule has 5 heteroatoms. The van der Waals surface area contributed by atoms with Crippen LogP contribution in [0.25, 0.3) is 0 Å². The van der Waals surface area contributed by atoms with Crippen molar-refractivity contribution in [2.45, 2.75) is 13.3 Å². The van der Waals surface area contributed by atoms with Crippen LogP contribution in [0.4, 0.5) is 5.82 Å². The van der Waals surface area contributed by atoms with E-state index in [1.807, 2.05) is 13.0 Å². The molecule has 1 aromatic carbocycles. The van der Waals surface area contributed by atoms with E-state index in [0.717, 1.165) is 11.1 Å². The number of aliphatic hydroxyl groups is 1. The largest absolute Gasteiger partial charge is 0.395 e. The molecule has 2 aromatic rings. The highest BCUT2D eigenvalue weighted by atomic mass is 16.2. The van der Waals surface area contributed by atoms with Gasteiger partial charge in [0.1, 0.15) is 0 Å². The van der Waals surface area contributed by atoms with Gasteiger partial charge < -0.3 is 10.4 Å². The second kappa shape index (κ2) is 7.17. The highest BCUT2D eigenvalue weighted by molar-refractivity contribution is 6.05. The van der Waals surface area contributed by atoms with Crippen molar-refractivity contribution in [1.82, 2.24) is 10.2 Å². The molecule has 21 heavy (non-hydrogen) atoms. The van der Waals surface area contributed by atoms with Crippen molar-refractivity contribution in [3.63, 3.8) is 0 Å². The van der Waals surface area contributed by atoms with Gasteiger partial charge in [-0.05, 0) is 36.8 Å². The minimum atomic E-state index is -0.251. The van der Waals surface area contributed by atoms with E-state index in [1.54, 1.807) is 24.3 Å². The topological polar surface area (TPSA) is 75.1 Å². The number of carbonyl (C=O) groups is 1. The van der Waals surface area contributed by atoms with Gasteiger partial charge in [0.05, 0.1) is 6.61 Å². The molecule has 2 N–H and O–H groups in total. The first-order valence-electron chi connectivity index (χ1n) is 6.51. The summed E-state index contributed by atoms with van der Waals surface area (Å²) in [5.41, 5.74) is 2.11. The van der Waals surface area contributed by atoms with Crippen LogP contribution in [-0.4, -0.2) is 27.8 Å². The molecule has 1 aromatic heterocycles. The van der Waals surface area contributed by atoms with Gasteiger partial charge in [-0.1, -0.05) is 17.9 Å². The third-order valence-electron chi connectivity index (χ3n) is 2.85. The highest BCUT2D eigenvalue weighted by Gasteiger charge is 2.11. The van der Waals surface area contributed by atoms with E-state index in [2.05, 4.69) is 27.4 Å². The lowest BCUT2D eigenvalue weighted by molar-refractivity contribution is 0.102. The molecule has 0 saturated heterocycles. The Hall–Kier alpha value is -2.71. The SMILES string of the molecule is Cc1c(C#CCCO)cccc1C(=O)Nc1cccnn1. The van der Waals surface area contributed by atoms with Crippen LogP contribution in [0.1, 0.15) is 27.9 Å². The zero-order valence-electron chi connectivity index (χ0n) is 11.6. The molecule has 106 valence electrons. The summed E-state index contributed by atoms with van der Waals surface area (Å²) in [7, 11) is 0. The summed E-state index contributed by atoms with van der Waals surface area (Å²) in [6.45, 7) is 1.87. The monoisotopic (exact) mass is 281 g/mol. The van der Waals surface area contributed by atoms with Crippen LogP contribution in [0.5, 0.6) is 0 Å². The lowest BCUT2D eigenvalue weighted by atomic mass is 10.0. The lowest BCUT2D eigenvalue weighted by Gasteiger charge is -2.08. The van der Waals surface area contributed by atoms with Gasteiger partial charge in [-0.3, -0.25) is 4.79 Å². The molecule has 2 rings (SSSR count). The number of benzene rings is 1. The number of nitrogens with zero attached hydrogens (tertiary/aromatic N) is 2. The van der Waals surface area contributed by atoms with Gasteiger partial charge in [0.2, 0.25) is 0 Å². The Morgan fingerprint density at radius 1 is 1.33 bits per heavy atom. The maximum atomic E-state index is 12.3. The molecule has 0 aliphatic rings. The van der Waals surface area contributed by atoms with E-state index in [1.165, 1.54) is 6.20 Å². The number of rotatable bonds is 3. The Kier molecular flexibility index (Phi) is 5.02. The Morgan fingerprint density at radius 2 is 2.19 bits per heavy atom. The quantitative estimate of drug-likeness (QED) is 0.841. The van der Waals surface area contributed by atoms with Gasteiger partial charge in [0, 0.05) is 23.7 Å². The number of amides is 1. The summed E-state index contributed by atoms with van der Waals surface area (Å²) >= 11 is 0. The molecule has 1 heterocycles. The van der Waals surface area contributed by atoms with Crippen molar-refractivity contribution in [1.29, 1.82) is 0 Å². The van der Waals surface area contributed by atoms with E-state index in [0.29, 0.717) is 17.8 Å². The third kappa shape index (κ3) is 3.88. The number of aromatic nitrogens is 2. The number of hydrogen-bond donors (Lipinski definition) is 2. The molecular weight excluding hydrogens is 266 g/mol. The Labute approximate surface area is 123 Å². The summed E-state index contributed by atoms with van der Waals surface area (Å²) in [6, 6.07) is 8.73. The van der Waals surface area contributed by atoms with E-state index in [-0.39, 0.29) is 12.5 Å². The zero-order chi connectivity index (χ0) is 15.1. The minimum absolute atomic E-state index is 0.0267. The van der Waals surface area contributed by atoms with E-state index >= 15 is 0 Å². The molecule has 0 spiro atoms. The van der Waals surface area contributed by atoms with Gasteiger partial charge in [0.15, 0.2) is 5.82 Å². The molecule has 0 aliphatic carbocycles. The first kappa shape index (κ1) is 14.7. The fourth-order valence-corrected chi connectivity index (χ4v) is 1.78. The molecule has 0 unspecified atom stereocenters. The van der Waals surface area contributed by atoms with E-state index < -0.39 is 0 Å². The molecule has 0 aliphatic heterocycles. The van der Waals surface area contributed by atoms with Gasteiger partial charge in [-0.25, -0.2) is 0 Å². The Morgan fingerprint density at radius 3 is 2.90 bits per heavy atom.